The van der Waals surface area contributed by atoms with Gasteiger partial charge in [0.15, 0.2) is 0 Å². The molecular formula is C23H37B2N3O9P+. The van der Waals surface area contributed by atoms with Crippen LogP contribution >= 0.6 is 8.60 Å². The van der Waals surface area contributed by atoms with E-state index in [1.165, 1.54) is 0 Å². The molecule has 3 rings (SSSR count). The Labute approximate surface area is 226 Å². The molecule has 0 bridgehead atoms. The van der Waals surface area contributed by atoms with Crippen LogP contribution < -0.4 is 4.57 Å². The summed E-state index contributed by atoms with van der Waals surface area (Å²) in [5.41, 5.74) is 0. The van der Waals surface area contributed by atoms with Crippen LogP contribution in [0.25, 0.3) is 0 Å². The number of nitrogens with zero attached hydrogens (tertiary/aromatic N) is 3. The van der Waals surface area contributed by atoms with Crippen LogP contribution in [0.4, 0.5) is 0 Å². The highest BCUT2D eigenvalue weighted by molar-refractivity contribution is 7.41. The van der Waals surface area contributed by atoms with Crippen LogP contribution in [-0.2, 0) is 55.7 Å². The predicted octanol–water partition coefficient (Wildman–Crippen LogP) is -0.377. The Morgan fingerprint density at radius 1 is 1.13 bits per heavy atom. The van der Waals surface area contributed by atoms with Gasteiger partial charge in [0.25, 0.3) is 0 Å². The molecule has 208 valence electrons. The van der Waals surface area contributed by atoms with Crippen LogP contribution in [0.1, 0.15) is 39.0 Å². The quantitative estimate of drug-likeness (QED) is 0.0709. The molecular weight excluding hydrogens is 515 g/mol. The monoisotopic (exact) mass is 552 g/mol. The van der Waals surface area contributed by atoms with E-state index in [1.807, 2.05) is 63.6 Å². The minimum absolute atomic E-state index is 0.0549. The van der Waals surface area contributed by atoms with E-state index in [1.54, 1.807) is 0 Å². The first kappa shape index (κ1) is 30.5. The molecule has 1 aromatic rings. The minimum atomic E-state index is -1.77. The van der Waals surface area contributed by atoms with Gasteiger partial charge in [0.05, 0.1) is 45.0 Å². The first-order valence-electron chi connectivity index (χ1n) is 13.0. The second-order valence-electron chi connectivity index (χ2n) is 9.50. The van der Waals surface area contributed by atoms with Crippen molar-refractivity contribution in [3.05, 3.63) is 18.7 Å². The lowest BCUT2D eigenvalue weighted by molar-refractivity contribution is -0.697. The average molecular weight is 552 g/mol. The zero-order valence-corrected chi connectivity index (χ0v) is 23.4. The minimum Gasteiger partial charge on any atom is -0.461 e. The van der Waals surface area contributed by atoms with Gasteiger partial charge >= 0.3 is 20.5 Å². The molecule has 2 aliphatic heterocycles. The third kappa shape index (κ3) is 9.95. The number of nitriles is 1. The number of esters is 2. The molecule has 0 aliphatic carbocycles. The van der Waals surface area contributed by atoms with E-state index in [4.69, 9.17) is 37.8 Å². The molecule has 2 aliphatic rings. The Morgan fingerprint density at radius 3 is 2.55 bits per heavy atom. The number of carbonyl (C=O) groups is 2. The summed E-state index contributed by atoms with van der Waals surface area (Å²) in [5.74, 6) is -1.32. The van der Waals surface area contributed by atoms with Crippen molar-refractivity contribution < 1.29 is 46.7 Å². The lowest BCUT2D eigenvalue weighted by Crippen LogP contribution is -2.34. The maximum absolute atomic E-state index is 12.4. The molecule has 1 aromatic heterocycles. The van der Waals surface area contributed by atoms with Crippen LogP contribution in [0.5, 0.6) is 0 Å². The molecule has 0 saturated carbocycles. The van der Waals surface area contributed by atoms with E-state index < -0.39 is 39.2 Å². The predicted molar refractivity (Wildman–Crippen MR) is 139 cm³/mol. The molecule has 15 heteroatoms. The first-order chi connectivity index (χ1) is 18.3. The molecule has 0 N–H and O–H groups in total. The average Bonchev–Trinajstić information content (AvgIpc) is 3.54. The molecule has 0 aromatic carbocycles. The van der Waals surface area contributed by atoms with E-state index in [0.29, 0.717) is 13.0 Å². The molecule has 2 fully saturated rings. The highest BCUT2D eigenvalue weighted by atomic mass is 31.2. The van der Waals surface area contributed by atoms with Crippen molar-refractivity contribution in [2.75, 3.05) is 19.8 Å². The van der Waals surface area contributed by atoms with Gasteiger partial charge in [0.1, 0.15) is 59.9 Å². The number of hydrogen-bond acceptors (Lipinski definition) is 10. The van der Waals surface area contributed by atoms with Gasteiger partial charge in [-0.15, -0.1) is 0 Å². The normalized spacial score (nSPS) is 27.6. The van der Waals surface area contributed by atoms with Crippen molar-refractivity contribution in [1.29, 1.82) is 5.26 Å². The number of ether oxygens (including phenoxy) is 4. The molecule has 3 heterocycles. The standard InChI is InChI=1S/C23H37B2N3O9P/c1-3-16-18(12-21(25)34-16)37-38(32-9-4-5-26)33-14-19-17(11-20(24)35-19)36-23(30)13-22(29)31-10-8-28-7-6-27(2)15-28/h6-7,15-21H,3-4,8-14,24-25H2,1-2H3/q+1/t16-,17-,18-,19-,20-,21-,38?/m1/s1. The van der Waals surface area contributed by atoms with Gasteiger partial charge in [-0.2, -0.15) is 5.26 Å². The van der Waals surface area contributed by atoms with Crippen molar-refractivity contribution in [2.24, 2.45) is 7.05 Å². The first-order valence-corrected chi connectivity index (χ1v) is 14.1. The zero-order chi connectivity index (χ0) is 27.5. The van der Waals surface area contributed by atoms with Crippen molar-refractivity contribution in [2.45, 2.75) is 82.0 Å². The Morgan fingerprint density at radius 2 is 1.87 bits per heavy atom. The highest BCUT2D eigenvalue weighted by Gasteiger charge is 2.39. The van der Waals surface area contributed by atoms with Gasteiger partial charge in [-0.1, -0.05) is 6.92 Å². The Bertz CT molecular complexity index is 949. The van der Waals surface area contributed by atoms with Crippen LogP contribution in [-0.4, -0.2) is 88.4 Å². The van der Waals surface area contributed by atoms with Crippen LogP contribution in [0.3, 0.4) is 0 Å². The maximum atomic E-state index is 12.4. The van der Waals surface area contributed by atoms with Crippen LogP contribution in [0, 0.1) is 11.3 Å². The molecule has 0 spiro atoms. The summed E-state index contributed by atoms with van der Waals surface area (Å²) in [6, 6.07) is 1.96. The fourth-order valence-corrected chi connectivity index (χ4v) is 5.52. The van der Waals surface area contributed by atoms with Crippen molar-refractivity contribution in [3.8, 4) is 6.07 Å². The van der Waals surface area contributed by atoms with E-state index in [0.717, 1.165) is 12.8 Å². The van der Waals surface area contributed by atoms with Gasteiger partial charge < -0.3 is 32.5 Å². The summed E-state index contributed by atoms with van der Waals surface area (Å²) in [6.07, 6.45) is 5.96. The van der Waals surface area contributed by atoms with Crippen molar-refractivity contribution in [1.82, 2.24) is 4.57 Å². The van der Waals surface area contributed by atoms with Crippen LogP contribution in [0.15, 0.2) is 18.7 Å². The van der Waals surface area contributed by atoms with Gasteiger partial charge in [-0.3, -0.25) is 9.59 Å². The number of carbonyl (C=O) groups excluding carboxylic acids is 2. The highest BCUT2D eigenvalue weighted by Crippen LogP contribution is 2.45. The van der Waals surface area contributed by atoms with E-state index in [2.05, 4.69) is 0 Å². The third-order valence-corrected chi connectivity index (χ3v) is 7.35. The van der Waals surface area contributed by atoms with E-state index >= 15 is 0 Å². The SMILES string of the molecule is B[C@H]1C[C@@H](OC(=O)CC(=O)OCC[n+]2ccn(C)c2)[C@@H](COP(OCCC#N)O[C@@H]2C[C@H](B)O[C@@H]2CC)O1. The van der Waals surface area contributed by atoms with Gasteiger partial charge in [-0.05, 0) is 12.8 Å². The molecule has 1 unspecified atom stereocenters. The maximum Gasteiger partial charge on any atom is 0.333 e. The number of imidazole rings is 1. The molecule has 7 atom stereocenters. The van der Waals surface area contributed by atoms with Crippen molar-refractivity contribution >= 4 is 36.2 Å². The fraction of sp³-hybridized carbons (Fsp3) is 0.739. The summed E-state index contributed by atoms with van der Waals surface area (Å²) in [7, 11) is 4.00. The van der Waals surface area contributed by atoms with Crippen LogP contribution in [0.2, 0.25) is 0 Å². The Hall–Kier alpha value is -2.00. The van der Waals surface area contributed by atoms with E-state index in [9.17, 15) is 9.59 Å². The topological polar surface area (TPSA) is 131 Å². The van der Waals surface area contributed by atoms with Gasteiger partial charge in [0, 0.05) is 18.4 Å². The van der Waals surface area contributed by atoms with Gasteiger partial charge in [-0.25, -0.2) is 9.13 Å². The summed E-state index contributed by atoms with van der Waals surface area (Å²) in [5, 5.41) is 8.86. The lowest BCUT2D eigenvalue weighted by atomic mass is 9.96. The molecule has 2 saturated heterocycles. The number of rotatable bonds is 15. The molecule has 0 amide bonds. The molecule has 12 nitrogen and oxygen atoms in total. The number of aromatic nitrogens is 2. The Balaban J connectivity index is 1.45. The number of hydrogen-bond donors (Lipinski definition) is 0. The lowest BCUT2D eigenvalue weighted by Gasteiger charge is -2.25. The molecule has 0 radical (unpaired) electrons. The second kappa shape index (κ2) is 15.6. The Kier molecular flexibility index (Phi) is 12.5. The van der Waals surface area contributed by atoms with E-state index in [-0.39, 0.29) is 50.5 Å². The second-order valence-corrected chi connectivity index (χ2v) is 10.7. The summed E-state index contributed by atoms with van der Waals surface area (Å²) < 4.78 is 44.0. The summed E-state index contributed by atoms with van der Waals surface area (Å²) in [6.45, 7) is 2.91. The zero-order valence-electron chi connectivity index (χ0n) is 22.5. The fourth-order valence-electron chi connectivity index (χ4n) is 4.37. The summed E-state index contributed by atoms with van der Waals surface area (Å²) >= 11 is 0. The van der Waals surface area contributed by atoms with Gasteiger partial charge in [0.2, 0.25) is 6.33 Å². The number of aryl methyl sites for hydroxylation is 1. The smallest absolute Gasteiger partial charge is 0.333 e. The summed E-state index contributed by atoms with van der Waals surface area (Å²) in [4.78, 5) is 24.5. The third-order valence-electron chi connectivity index (χ3n) is 6.16. The molecule has 38 heavy (non-hydrogen) atoms. The largest absolute Gasteiger partial charge is 0.461 e. The van der Waals surface area contributed by atoms with Crippen molar-refractivity contribution in [3.63, 3.8) is 0 Å².